The van der Waals surface area contributed by atoms with Crippen LogP contribution in [0.5, 0.6) is 0 Å². The average molecular weight is 322 g/mol. The molecule has 0 spiro atoms. The van der Waals surface area contributed by atoms with Crippen LogP contribution in [-0.4, -0.2) is 82.6 Å². The molecule has 0 unspecified atom stereocenters. The van der Waals surface area contributed by atoms with Crippen molar-refractivity contribution in [2.75, 3.05) is 23.8 Å². The third kappa shape index (κ3) is 6.42. The third-order valence-corrected chi connectivity index (χ3v) is 2.20. The largest absolute Gasteiger partial charge is 0.479 e. The number of nitrogen functional groups attached to an aromatic ring is 3. The number of hydrogen-bond donors (Lipinski definition) is 9. The SMILES string of the molecule is Nc1nc(N)nc(N)n1.O=C(O)[C@H](O)[C@@H](O)[C@H](O)[C@H](O)CO. The second-order valence-corrected chi connectivity index (χ2v) is 3.92. The molecule has 1 aromatic rings. The summed E-state index contributed by atoms with van der Waals surface area (Å²) in [6, 6.07) is 0. The van der Waals surface area contributed by atoms with Gasteiger partial charge in [-0.25, -0.2) is 4.79 Å². The molecule has 0 radical (unpaired) electrons. The molecule has 0 saturated heterocycles. The van der Waals surface area contributed by atoms with Crippen LogP contribution >= 0.6 is 0 Å². The van der Waals surface area contributed by atoms with Crippen LogP contribution in [0.3, 0.4) is 0 Å². The molecule has 0 bridgehead atoms. The molecule has 0 aliphatic carbocycles. The third-order valence-electron chi connectivity index (χ3n) is 2.20. The number of carboxylic acid groups (broad SMARTS) is 1. The van der Waals surface area contributed by atoms with Crippen LogP contribution in [-0.2, 0) is 4.79 Å². The maximum atomic E-state index is 10.1. The number of nitrogens with two attached hydrogens (primary N) is 3. The van der Waals surface area contributed by atoms with Crippen LogP contribution in [0.2, 0.25) is 0 Å². The van der Waals surface area contributed by atoms with Crippen molar-refractivity contribution in [1.29, 1.82) is 0 Å². The first-order chi connectivity index (χ1) is 10.1. The summed E-state index contributed by atoms with van der Waals surface area (Å²) in [6.45, 7) is -0.843. The van der Waals surface area contributed by atoms with Gasteiger partial charge in [-0.15, -0.1) is 0 Å². The fourth-order valence-electron chi connectivity index (χ4n) is 1.10. The van der Waals surface area contributed by atoms with E-state index < -0.39 is 37.0 Å². The molecular weight excluding hydrogens is 304 g/mol. The van der Waals surface area contributed by atoms with E-state index >= 15 is 0 Å². The Morgan fingerprint density at radius 2 is 1.27 bits per heavy atom. The van der Waals surface area contributed by atoms with Crippen LogP contribution in [0.15, 0.2) is 0 Å². The summed E-state index contributed by atoms with van der Waals surface area (Å²) in [7, 11) is 0. The van der Waals surface area contributed by atoms with E-state index in [1.165, 1.54) is 0 Å². The predicted octanol–water partition coefficient (Wildman–Crippen LogP) is -4.87. The first-order valence-corrected chi connectivity index (χ1v) is 5.68. The van der Waals surface area contributed by atoms with Crippen molar-refractivity contribution in [3.05, 3.63) is 0 Å². The minimum absolute atomic E-state index is 0.0417. The molecule has 0 saturated carbocycles. The molecule has 0 aliphatic heterocycles. The van der Waals surface area contributed by atoms with Gasteiger partial charge in [0.2, 0.25) is 17.8 Å². The number of hydrogen-bond acceptors (Lipinski definition) is 12. The van der Waals surface area contributed by atoms with Gasteiger partial charge in [-0.05, 0) is 0 Å². The van der Waals surface area contributed by atoms with Gasteiger partial charge in [0.25, 0.3) is 0 Å². The molecule has 0 aromatic carbocycles. The molecular formula is C9H18N6O7. The summed E-state index contributed by atoms with van der Waals surface area (Å²) in [4.78, 5) is 20.6. The minimum atomic E-state index is -2.20. The minimum Gasteiger partial charge on any atom is -0.479 e. The molecule has 4 atom stereocenters. The molecule has 1 aromatic heterocycles. The van der Waals surface area contributed by atoms with Crippen LogP contribution in [0.1, 0.15) is 0 Å². The Bertz CT molecular complexity index is 439. The molecule has 0 aliphatic rings. The summed E-state index contributed by atoms with van der Waals surface area (Å²) in [5, 5.41) is 51.8. The lowest BCUT2D eigenvalue weighted by Crippen LogP contribution is -2.48. The second kappa shape index (κ2) is 8.85. The lowest BCUT2D eigenvalue weighted by molar-refractivity contribution is -0.164. The molecule has 1 heterocycles. The van der Waals surface area contributed by atoms with Crippen molar-refractivity contribution in [2.45, 2.75) is 24.4 Å². The van der Waals surface area contributed by atoms with Crippen LogP contribution < -0.4 is 17.2 Å². The number of aliphatic hydroxyl groups is 5. The Morgan fingerprint density at radius 1 is 0.909 bits per heavy atom. The van der Waals surface area contributed by atoms with Gasteiger partial charge in [-0.2, -0.15) is 15.0 Å². The summed E-state index contributed by atoms with van der Waals surface area (Å²) in [5.74, 6) is -1.60. The molecule has 12 N–H and O–H groups in total. The fourth-order valence-corrected chi connectivity index (χ4v) is 1.10. The molecule has 0 amide bonds. The summed E-state index contributed by atoms with van der Waals surface area (Å²) >= 11 is 0. The van der Waals surface area contributed by atoms with Crippen molar-refractivity contribution in [1.82, 2.24) is 15.0 Å². The summed E-state index contributed by atoms with van der Waals surface area (Å²) in [5.41, 5.74) is 15.4. The van der Waals surface area contributed by atoms with Gasteiger partial charge < -0.3 is 47.8 Å². The van der Waals surface area contributed by atoms with Gasteiger partial charge in [0, 0.05) is 0 Å². The van der Waals surface area contributed by atoms with Gasteiger partial charge in [0.1, 0.15) is 18.3 Å². The van der Waals surface area contributed by atoms with Gasteiger partial charge in [-0.3, -0.25) is 0 Å². The van der Waals surface area contributed by atoms with Gasteiger partial charge in [0.05, 0.1) is 6.61 Å². The van der Waals surface area contributed by atoms with Crippen LogP contribution in [0.25, 0.3) is 0 Å². The molecule has 13 nitrogen and oxygen atoms in total. The summed E-state index contributed by atoms with van der Waals surface area (Å²) in [6.07, 6.45) is -7.84. The van der Waals surface area contributed by atoms with Gasteiger partial charge >= 0.3 is 5.97 Å². The van der Waals surface area contributed by atoms with Crippen molar-refractivity contribution < 1.29 is 35.4 Å². The number of rotatable bonds is 5. The topological polar surface area (TPSA) is 255 Å². The standard InChI is InChI=1S/C6H12O7.C3H6N6/c7-1-2(8)3(9)4(10)5(11)6(12)13;4-1-7-2(5)9-3(6)8-1/h2-5,7-11H,1H2,(H,12,13);(H6,4,5,6,7,8,9)/t2-,3-,4+,5-;/m1./s1. The van der Waals surface area contributed by atoms with E-state index in [1.807, 2.05) is 0 Å². The molecule has 0 fully saturated rings. The number of nitrogens with zero attached hydrogens (tertiary/aromatic N) is 3. The lowest BCUT2D eigenvalue weighted by Gasteiger charge is -2.23. The van der Waals surface area contributed by atoms with E-state index in [4.69, 9.17) is 47.8 Å². The van der Waals surface area contributed by atoms with Gasteiger partial charge in [-0.1, -0.05) is 0 Å². The zero-order valence-electron chi connectivity index (χ0n) is 11.2. The second-order valence-electron chi connectivity index (χ2n) is 3.92. The number of anilines is 3. The zero-order valence-corrected chi connectivity index (χ0v) is 11.2. The Morgan fingerprint density at radius 3 is 1.55 bits per heavy atom. The smallest absolute Gasteiger partial charge is 0.335 e. The highest BCUT2D eigenvalue weighted by Gasteiger charge is 2.33. The van der Waals surface area contributed by atoms with Crippen molar-refractivity contribution in [2.24, 2.45) is 0 Å². The van der Waals surface area contributed by atoms with E-state index in [0.29, 0.717) is 0 Å². The predicted molar refractivity (Wildman–Crippen MR) is 71.8 cm³/mol. The normalized spacial score (nSPS) is 15.9. The number of aromatic nitrogens is 3. The first-order valence-electron chi connectivity index (χ1n) is 5.68. The number of aliphatic hydroxyl groups excluding tert-OH is 5. The van der Waals surface area contributed by atoms with Crippen molar-refractivity contribution in [3.63, 3.8) is 0 Å². The molecule has 126 valence electrons. The number of aliphatic carboxylic acids is 1. The van der Waals surface area contributed by atoms with E-state index in [9.17, 15) is 4.79 Å². The zero-order chi connectivity index (χ0) is 17.4. The Kier molecular flexibility index (Phi) is 7.92. The Balaban J connectivity index is 0.000000425. The number of carbonyl (C=O) groups is 1. The highest BCUT2D eigenvalue weighted by Crippen LogP contribution is 2.04. The maximum Gasteiger partial charge on any atom is 0.335 e. The Labute approximate surface area is 123 Å². The van der Waals surface area contributed by atoms with Crippen LogP contribution in [0, 0.1) is 0 Å². The van der Waals surface area contributed by atoms with Crippen molar-refractivity contribution >= 4 is 23.8 Å². The Hall–Kier alpha value is -2.32. The van der Waals surface area contributed by atoms with Crippen LogP contribution in [0.4, 0.5) is 17.8 Å². The van der Waals surface area contributed by atoms with E-state index in [-0.39, 0.29) is 17.8 Å². The van der Waals surface area contributed by atoms with E-state index in [0.717, 1.165) is 0 Å². The summed E-state index contributed by atoms with van der Waals surface area (Å²) < 4.78 is 0. The molecule has 1 rings (SSSR count). The number of carboxylic acids is 1. The molecule has 22 heavy (non-hydrogen) atoms. The maximum absolute atomic E-state index is 10.1. The lowest BCUT2D eigenvalue weighted by atomic mass is 10.0. The first kappa shape index (κ1) is 19.7. The van der Waals surface area contributed by atoms with Gasteiger partial charge in [0.15, 0.2) is 6.10 Å². The highest BCUT2D eigenvalue weighted by atomic mass is 16.4. The monoisotopic (exact) mass is 322 g/mol. The van der Waals surface area contributed by atoms with Crippen molar-refractivity contribution in [3.8, 4) is 0 Å². The average Bonchev–Trinajstić information content (AvgIpc) is 2.43. The van der Waals surface area contributed by atoms with E-state index in [1.54, 1.807) is 0 Å². The fraction of sp³-hybridized carbons (Fsp3) is 0.556. The molecule has 13 heteroatoms. The highest BCUT2D eigenvalue weighted by molar-refractivity contribution is 5.72. The van der Waals surface area contributed by atoms with E-state index in [2.05, 4.69) is 15.0 Å². The quantitative estimate of drug-likeness (QED) is 0.246.